The van der Waals surface area contributed by atoms with Crippen molar-refractivity contribution in [2.24, 2.45) is 5.92 Å². The van der Waals surface area contributed by atoms with E-state index in [1.165, 1.54) is 32.1 Å². The van der Waals surface area contributed by atoms with Crippen molar-refractivity contribution < 1.29 is 19.4 Å². The number of para-hydroxylation sites is 1. The number of anilines is 1. The molecule has 3 fully saturated rings. The minimum Gasteiger partial charge on any atom is -0.465 e. The molecule has 2 N–H and O–H groups in total. The minimum absolute atomic E-state index is 0.154. The summed E-state index contributed by atoms with van der Waals surface area (Å²) in [6.45, 7) is 5.61. The molecular weight excluding hydrogens is 394 g/mol. The van der Waals surface area contributed by atoms with Crippen LogP contribution in [-0.4, -0.2) is 61.7 Å². The quantitative estimate of drug-likeness (QED) is 0.724. The number of ether oxygens (including phenoxy) is 2. The topological polar surface area (TPSA) is 74.3 Å². The molecule has 4 aliphatic rings. The van der Waals surface area contributed by atoms with Gasteiger partial charge >= 0.3 is 6.09 Å². The van der Waals surface area contributed by atoms with Crippen molar-refractivity contribution in [2.75, 3.05) is 44.4 Å². The monoisotopic (exact) mass is 431 g/mol. The number of hydrogen-bond donors (Lipinski definition) is 2. The fourth-order valence-corrected chi connectivity index (χ4v) is 4.76. The highest BCUT2D eigenvalue weighted by Crippen LogP contribution is 2.41. The maximum Gasteiger partial charge on any atom is 0.404 e. The third-order valence-electron chi connectivity index (χ3n) is 7.12. The molecule has 0 aromatic heterocycles. The third-order valence-corrected chi connectivity index (χ3v) is 7.12. The molecule has 0 atom stereocenters. The first-order chi connectivity index (χ1) is 15.2. The summed E-state index contributed by atoms with van der Waals surface area (Å²) in [5, 5.41) is 11.5. The predicted molar refractivity (Wildman–Crippen MR) is 121 cm³/mol. The van der Waals surface area contributed by atoms with E-state index >= 15 is 0 Å². The van der Waals surface area contributed by atoms with Gasteiger partial charge in [-0.25, -0.2) is 4.79 Å². The Morgan fingerprint density at radius 1 is 1.00 bits per heavy atom. The van der Waals surface area contributed by atoms with Crippen LogP contribution in [0.1, 0.15) is 57.8 Å². The Balaban J connectivity index is 0.000000520. The van der Waals surface area contributed by atoms with Gasteiger partial charge in [-0.15, -0.1) is 0 Å². The molecule has 0 spiro atoms. The highest BCUT2D eigenvalue weighted by molar-refractivity contribution is 5.66. The number of nitrogens with one attached hydrogen (secondary N) is 1. The van der Waals surface area contributed by atoms with E-state index in [1.54, 1.807) is 0 Å². The molecular formula is C24H37N3O4. The molecule has 2 saturated carbocycles. The average Bonchev–Trinajstić information content (AvgIpc) is 3.21. The first-order valence-corrected chi connectivity index (χ1v) is 12.0. The molecule has 31 heavy (non-hydrogen) atoms. The lowest BCUT2D eigenvalue weighted by Gasteiger charge is -2.37. The second-order valence-corrected chi connectivity index (χ2v) is 9.21. The summed E-state index contributed by atoms with van der Waals surface area (Å²) in [5.74, 6) is 2.47. The van der Waals surface area contributed by atoms with E-state index in [1.807, 2.05) is 12.1 Å². The lowest BCUT2D eigenvalue weighted by molar-refractivity contribution is 0.173. The summed E-state index contributed by atoms with van der Waals surface area (Å²) < 4.78 is 11.1. The van der Waals surface area contributed by atoms with Gasteiger partial charge in [0.2, 0.25) is 6.79 Å². The number of nitrogens with zero attached hydrogens (tertiary/aromatic N) is 2. The molecule has 5 rings (SSSR count). The fourth-order valence-electron chi connectivity index (χ4n) is 4.76. The van der Waals surface area contributed by atoms with Crippen LogP contribution in [0.4, 0.5) is 10.5 Å². The van der Waals surface area contributed by atoms with Gasteiger partial charge in [-0.3, -0.25) is 4.90 Å². The Kier molecular flexibility index (Phi) is 7.78. The molecule has 2 heterocycles. The molecule has 0 radical (unpaired) electrons. The van der Waals surface area contributed by atoms with Crippen molar-refractivity contribution in [2.45, 2.75) is 63.8 Å². The van der Waals surface area contributed by atoms with Crippen LogP contribution in [0.25, 0.3) is 0 Å². The number of carboxylic acid groups (broad SMARTS) is 1. The van der Waals surface area contributed by atoms with E-state index in [0.717, 1.165) is 81.5 Å². The highest BCUT2D eigenvalue weighted by atomic mass is 16.7. The second kappa shape index (κ2) is 10.9. The second-order valence-electron chi connectivity index (χ2n) is 9.21. The van der Waals surface area contributed by atoms with Crippen molar-refractivity contribution in [3.63, 3.8) is 0 Å². The maximum absolute atomic E-state index is 10.7. The predicted octanol–water partition coefficient (Wildman–Crippen LogP) is 4.31. The van der Waals surface area contributed by atoms with Crippen LogP contribution in [-0.2, 0) is 0 Å². The van der Waals surface area contributed by atoms with Gasteiger partial charge in [0.1, 0.15) is 0 Å². The lowest BCUT2D eigenvalue weighted by atomic mass is 9.84. The Morgan fingerprint density at radius 3 is 2.35 bits per heavy atom. The first-order valence-electron chi connectivity index (χ1n) is 12.0. The molecule has 2 aliphatic carbocycles. The van der Waals surface area contributed by atoms with Gasteiger partial charge in [0.05, 0.1) is 5.69 Å². The number of rotatable bonds is 5. The number of benzene rings is 1. The summed E-state index contributed by atoms with van der Waals surface area (Å²) in [5.41, 5.74) is 1.15. The van der Waals surface area contributed by atoms with Crippen molar-refractivity contribution >= 4 is 11.8 Å². The van der Waals surface area contributed by atoms with Crippen LogP contribution in [0.3, 0.4) is 0 Å². The molecule has 1 amide bonds. The molecule has 1 aromatic rings. The average molecular weight is 432 g/mol. The SMILES string of the molecule is C1CCC1.O=C(O)N[C@H]1CC[C@H](CCN2CCN(c3cccc4c3OCO4)CC2)CC1. The third kappa shape index (κ3) is 6.19. The van der Waals surface area contributed by atoms with Gasteiger partial charge in [0.15, 0.2) is 11.5 Å². The summed E-state index contributed by atoms with van der Waals surface area (Å²) in [4.78, 5) is 15.7. The molecule has 0 bridgehead atoms. The van der Waals surface area contributed by atoms with Crippen LogP contribution >= 0.6 is 0 Å². The van der Waals surface area contributed by atoms with Crippen LogP contribution < -0.4 is 19.7 Å². The summed E-state index contributed by atoms with van der Waals surface area (Å²) in [7, 11) is 0. The van der Waals surface area contributed by atoms with Gasteiger partial charge in [-0.1, -0.05) is 31.7 Å². The van der Waals surface area contributed by atoms with E-state index in [2.05, 4.69) is 21.2 Å². The normalized spacial score (nSPS) is 25.2. The summed E-state index contributed by atoms with van der Waals surface area (Å²) in [6.07, 6.45) is 10.6. The zero-order valence-corrected chi connectivity index (χ0v) is 18.6. The molecule has 1 aromatic carbocycles. The molecule has 0 unspecified atom stereocenters. The van der Waals surface area contributed by atoms with Crippen molar-refractivity contribution in [1.29, 1.82) is 0 Å². The van der Waals surface area contributed by atoms with Crippen LogP contribution in [0.2, 0.25) is 0 Å². The first kappa shape index (κ1) is 22.1. The smallest absolute Gasteiger partial charge is 0.404 e. The Hall–Kier alpha value is -2.15. The Bertz CT molecular complexity index is 705. The molecule has 7 heteroatoms. The van der Waals surface area contributed by atoms with Gasteiger partial charge in [-0.2, -0.15) is 0 Å². The highest BCUT2D eigenvalue weighted by Gasteiger charge is 2.26. The molecule has 1 saturated heterocycles. The van der Waals surface area contributed by atoms with Gasteiger partial charge in [0, 0.05) is 32.2 Å². The van der Waals surface area contributed by atoms with E-state index in [0.29, 0.717) is 6.79 Å². The minimum atomic E-state index is -0.891. The van der Waals surface area contributed by atoms with E-state index in [9.17, 15) is 4.79 Å². The fraction of sp³-hybridized carbons (Fsp3) is 0.708. The Labute approximate surface area is 185 Å². The number of amides is 1. The zero-order chi connectivity index (χ0) is 21.5. The van der Waals surface area contributed by atoms with Crippen LogP contribution in [0.15, 0.2) is 18.2 Å². The standard InChI is InChI=1S/C20H29N3O4.C4H8/c24-20(25)21-16-6-4-15(5-7-16)8-9-22-10-12-23(13-11-22)17-2-1-3-18-19(17)27-14-26-18;1-2-4-3-1/h1-3,15-16,21H,4-14H2,(H,24,25);1-4H2/t15-,16-;. The number of hydrogen-bond acceptors (Lipinski definition) is 5. The lowest BCUT2D eigenvalue weighted by Crippen LogP contribution is -2.47. The number of piperazine rings is 1. The van der Waals surface area contributed by atoms with Crippen molar-refractivity contribution in [3.05, 3.63) is 18.2 Å². The number of fused-ring (bicyclic) bond motifs is 1. The van der Waals surface area contributed by atoms with E-state index in [4.69, 9.17) is 14.6 Å². The van der Waals surface area contributed by atoms with Crippen LogP contribution in [0, 0.1) is 5.92 Å². The van der Waals surface area contributed by atoms with E-state index < -0.39 is 6.09 Å². The number of carbonyl (C=O) groups is 1. The van der Waals surface area contributed by atoms with Crippen LogP contribution in [0.5, 0.6) is 11.5 Å². The van der Waals surface area contributed by atoms with Crippen molar-refractivity contribution in [1.82, 2.24) is 10.2 Å². The summed E-state index contributed by atoms with van der Waals surface area (Å²) in [6, 6.07) is 6.27. The summed E-state index contributed by atoms with van der Waals surface area (Å²) >= 11 is 0. The van der Waals surface area contributed by atoms with Gasteiger partial charge in [-0.05, 0) is 56.7 Å². The van der Waals surface area contributed by atoms with Gasteiger partial charge in [0.25, 0.3) is 0 Å². The van der Waals surface area contributed by atoms with Gasteiger partial charge < -0.3 is 24.8 Å². The Morgan fingerprint density at radius 2 is 1.71 bits per heavy atom. The molecule has 172 valence electrons. The van der Waals surface area contributed by atoms with Crippen molar-refractivity contribution in [3.8, 4) is 11.5 Å². The molecule has 2 aliphatic heterocycles. The molecule has 7 nitrogen and oxygen atoms in total. The van der Waals surface area contributed by atoms with E-state index in [-0.39, 0.29) is 6.04 Å². The zero-order valence-electron chi connectivity index (χ0n) is 18.6. The maximum atomic E-state index is 10.7. The largest absolute Gasteiger partial charge is 0.465 e.